The van der Waals surface area contributed by atoms with Gasteiger partial charge in [-0.2, -0.15) is 5.48 Å². The van der Waals surface area contributed by atoms with Crippen molar-refractivity contribution in [2.75, 3.05) is 0 Å². The van der Waals surface area contributed by atoms with E-state index >= 15 is 0 Å². The van der Waals surface area contributed by atoms with Gasteiger partial charge in [0.1, 0.15) is 0 Å². The fourth-order valence-electron chi connectivity index (χ4n) is 3.12. The van der Waals surface area contributed by atoms with Crippen LogP contribution in [0.5, 0.6) is 0 Å². The Bertz CT molecular complexity index is 528. The first kappa shape index (κ1) is 12.7. The van der Waals surface area contributed by atoms with E-state index in [0.717, 1.165) is 6.54 Å². The van der Waals surface area contributed by atoms with Crippen LogP contribution < -0.4 is 5.48 Å². The van der Waals surface area contributed by atoms with Crippen LogP contribution in [0.2, 0.25) is 0 Å². The molecular weight excluding hydrogens is 236 g/mol. The number of nitrogens with one attached hydrogen (secondary N) is 1. The van der Waals surface area contributed by atoms with Gasteiger partial charge in [0.25, 0.3) is 0 Å². The molecule has 3 heteroatoms. The largest absolute Gasteiger partial charge is 0.346 e. The summed E-state index contributed by atoms with van der Waals surface area (Å²) in [7, 11) is 2.13. The van der Waals surface area contributed by atoms with Crippen LogP contribution in [0.1, 0.15) is 36.9 Å². The lowest BCUT2D eigenvalue weighted by Gasteiger charge is -2.12. The molecule has 19 heavy (non-hydrogen) atoms. The Labute approximate surface area is 114 Å². The van der Waals surface area contributed by atoms with Gasteiger partial charge in [0.15, 0.2) is 0 Å². The van der Waals surface area contributed by atoms with E-state index < -0.39 is 0 Å². The summed E-state index contributed by atoms with van der Waals surface area (Å²) in [6.45, 7) is 2.96. The molecule has 1 saturated carbocycles. The number of aromatic nitrogens is 1. The number of nitrogens with zero attached hydrogens (tertiary/aromatic N) is 1. The van der Waals surface area contributed by atoms with Gasteiger partial charge in [0.2, 0.25) is 0 Å². The van der Waals surface area contributed by atoms with E-state index in [1.54, 1.807) is 0 Å². The lowest BCUT2D eigenvalue weighted by atomic mass is 10.1. The Morgan fingerprint density at radius 3 is 2.74 bits per heavy atom. The summed E-state index contributed by atoms with van der Waals surface area (Å²) in [6.07, 6.45) is 5.41. The molecule has 3 nitrogen and oxygen atoms in total. The zero-order valence-corrected chi connectivity index (χ0v) is 11.8. The van der Waals surface area contributed by atoms with Gasteiger partial charge < -0.3 is 4.57 Å². The van der Waals surface area contributed by atoms with Gasteiger partial charge in [-0.15, -0.1) is 0 Å². The van der Waals surface area contributed by atoms with Crippen LogP contribution in [0.3, 0.4) is 0 Å². The molecule has 1 aliphatic rings. The SMILES string of the molecule is Cc1c(CNOC2CCCC2)n(C)c2ccccc12. The van der Waals surface area contributed by atoms with Gasteiger partial charge in [-0.05, 0) is 31.4 Å². The third-order valence-corrected chi connectivity index (χ3v) is 4.30. The van der Waals surface area contributed by atoms with Crippen molar-refractivity contribution in [2.24, 2.45) is 7.05 Å². The highest BCUT2D eigenvalue weighted by Crippen LogP contribution is 2.24. The molecule has 0 bridgehead atoms. The molecule has 1 aromatic carbocycles. The molecule has 0 atom stereocenters. The van der Waals surface area contributed by atoms with Crippen LogP contribution in [0.4, 0.5) is 0 Å². The third-order valence-electron chi connectivity index (χ3n) is 4.30. The van der Waals surface area contributed by atoms with E-state index in [0.29, 0.717) is 6.10 Å². The van der Waals surface area contributed by atoms with E-state index in [-0.39, 0.29) is 0 Å². The average Bonchev–Trinajstić information content (AvgIpc) is 3.02. The Balaban J connectivity index is 1.73. The second kappa shape index (κ2) is 5.35. The Kier molecular flexibility index (Phi) is 3.58. The maximum absolute atomic E-state index is 5.75. The first-order valence-corrected chi connectivity index (χ1v) is 7.19. The predicted octanol–water partition coefficient (Wildman–Crippen LogP) is 3.45. The normalized spacial score (nSPS) is 16.5. The minimum absolute atomic E-state index is 0.412. The molecule has 1 N–H and O–H groups in total. The monoisotopic (exact) mass is 258 g/mol. The van der Waals surface area contributed by atoms with Crippen molar-refractivity contribution < 1.29 is 4.84 Å². The van der Waals surface area contributed by atoms with Gasteiger partial charge in [-0.25, -0.2) is 0 Å². The molecule has 0 unspecified atom stereocenters. The number of hydroxylamine groups is 1. The molecule has 0 radical (unpaired) electrons. The van der Waals surface area contributed by atoms with Gasteiger partial charge in [0.05, 0.1) is 12.6 Å². The highest BCUT2D eigenvalue weighted by molar-refractivity contribution is 5.85. The number of hydrogen-bond donors (Lipinski definition) is 1. The second-order valence-electron chi connectivity index (χ2n) is 5.49. The molecule has 0 saturated heterocycles. The zero-order chi connectivity index (χ0) is 13.2. The summed E-state index contributed by atoms with van der Waals surface area (Å²) in [5.41, 5.74) is 7.11. The van der Waals surface area contributed by atoms with Gasteiger partial charge >= 0.3 is 0 Å². The summed E-state index contributed by atoms with van der Waals surface area (Å²) in [5, 5.41) is 1.34. The van der Waals surface area contributed by atoms with E-state index in [1.165, 1.54) is 47.8 Å². The molecule has 1 aromatic heterocycles. The number of hydrogen-bond acceptors (Lipinski definition) is 2. The minimum Gasteiger partial charge on any atom is -0.346 e. The Morgan fingerprint density at radius 2 is 2.00 bits per heavy atom. The fraction of sp³-hybridized carbons (Fsp3) is 0.500. The van der Waals surface area contributed by atoms with Crippen LogP contribution in [0, 0.1) is 6.92 Å². The highest BCUT2D eigenvalue weighted by Gasteiger charge is 2.16. The summed E-state index contributed by atoms with van der Waals surface area (Å²) in [6, 6.07) is 8.55. The lowest BCUT2D eigenvalue weighted by molar-refractivity contribution is -0.0252. The van der Waals surface area contributed by atoms with Gasteiger partial charge in [0, 0.05) is 23.6 Å². The van der Waals surface area contributed by atoms with Crippen molar-refractivity contribution in [1.82, 2.24) is 10.0 Å². The fourth-order valence-corrected chi connectivity index (χ4v) is 3.12. The molecule has 0 amide bonds. The Hall–Kier alpha value is -1.32. The molecule has 102 valence electrons. The number of aryl methyl sites for hydroxylation is 2. The summed E-state index contributed by atoms with van der Waals surface area (Å²) < 4.78 is 2.26. The zero-order valence-electron chi connectivity index (χ0n) is 11.8. The molecule has 1 fully saturated rings. The van der Waals surface area contributed by atoms with E-state index in [4.69, 9.17) is 4.84 Å². The quantitative estimate of drug-likeness (QED) is 0.850. The van der Waals surface area contributed by atoms with Crippen molar-refractivity contribution in [2.45, 2.75) is 45.3 Å². The van der Waals surface area contributed by atoms with Crippen molar-refractivity contribution >= 4 is 10.9 Å². The van der Waals surface area contributed by atoms with Gasteiger partial charge in [-0.1, -0.05) is 31.0 Å². The summed E-state index contributed by atoms with van der Waals surface area (Å²) >= 11 is 0. The smallest absolute Gasteiger partial charge is 0.0790 e. The number of fused-ring (bicyclic) bond motifs is 1. The molecule has 3 rings (SSSR count). The second-order valence-corrected chi connectivity index (χ2v) is 5.49. The van der Waals surface area contributed by atoms with Crippen molar-refractivity contribution in [3.63, 3.8) is 0 Å². The van der Waals surface area contributed by atoms with Crippen LogP contribution in [0.15, 0.2) is 24.3 Å². The molecule has 0 spiro atoms. The average molecular weight is 258 g/mol. The van der Waals surface area contributed by atoms with Crippen molar-refractivity contribution in [1.29, 1.82) is 0 Å². The standard InChI is InChI=1S/C16H22N2O/c1-12-14-9-5-6-10-15(14)18(2)16(12)11-17-19-13-7-3-4-8-13/h5-6,9-10,13,17H,3-4,7-8,11H2,1-2H3. The highest BCUT2D eigenvalue weighted by atomic mass is 16.7. The van der Waals surface area contributed by atoms with Crippen molar-refractivity contribution in [3.8, 4) is 0 Å². The first-order chi connectivity index (χ1) is 9.27. The van der Waals surface area contributed by atoms with Crippen LogP contribution >= 0.6 is 0 Å². The molecule has 1 heterocycles. The maximum Gasteiger partial charge on any atom is 0.0790 e. The number of rotatable bonds is 4. The molecule has 1 aliphatic carbocycles. The van der Waals surface area contributed by atoms with Crippen molar-refractivity contribution in [3.05, 3.63) is 35.5 Å². The summed E-state index contributed by atoms with van der Waals surface area (Å²) in [5.74, 6) is 0. The topological polar surface area (TPSA) is 26.2 Å². The minimum atomic E-state index is 0.412. The summed E-state index contributed by atoms with van der Waals surface area (Å²) in [4.78, 5) is 5.75. The van der Waals surface area contributed by atoms with E-state index in [9.17, 15) is 0 Å². The lowest BCUT2D eigenvalue weighted by Crippen LogP contribution is -2.22. The number of para-hydroxylation sites is 1. The van der Waals surface area contributed by atoms with E-state index in [2.05, 4.69) is 48.3 Å². The predicted molar refractivity (Wildman–Crippen MR) is 77.8 cm³/mol. The molecular formula is C16H22N2O. The number of benzene rings is 1. The Morgan fingerprint density at radius 1 is 1.26 bits per heavy atom. The third kappa shape index (κ3) is 2.40. The van der Waals surface area contributed by atoms with Crippen LogP contribution in [0.25, 0.3) is 10.9 Å². The first-order valence-electron chi connectivity index (χ1n) is 7.19. The molecule has 2 aromatic rings. The maximum atomic E-state index is 5.75. The van der Waals surface area contributed by atoms with E-state index in [1.807, 2.05) is 0 Å². The molecule has 0 aliphatic heterocycles. The van der Waals surface area contributed by atoms with Crippen LogP contribution in [-0.2, 0) is 18.4 Å². The van der Waals surface area contributed by atoms with Crippen LogP contribution in [-0.4, -0.2) is 10.7 Å². The van der Waals surface area contributed by atoms with Gasteiger partial charge in [-0.3, -0.25) is 4.84 Å².